The number of aliphatic carboxylic acids is 2. The van der Waals surface area contributed by atoms with Crippen LogP contribution < -0.4 is 20.8 Å². The van der Waals surface area contributed by atoms with Crippen LogP contribution in [0.2, 0.25) is 0 Å². The lowest BCUT2D eigenvalue weighted by Gasteiger charge is -2.31. The normalized spacial score (nSPS) is 13.2. The van der Waals surface area contributed by atoms with E-state index in [1.165, 1.54) is 0 Å². The summed E-state index contributed by atoms with van der Waals surface area (Å²) < 4.78 is 70.0. The average Bonchev–Trinajstić information content (AvgIpc) is 3.63. The van der Waals surface area contributed by atoms with Crippen LogP contribution in [0.5, 0.6) is 5.75 Å². The number of carbonyl (C=O) groups excluding carboxylic acids is 2. The summed E-state index contributed by atoms with van der Waals surface area (Å²) in [6.45, 7) is 3.54. The first-order chi connectivity index (χ1) is 29.3. The quantitative estimate of drug-likeness (QED) is 0.0479. The molecule has 0 radical (unpaired) electrons. The number of nitrogens with one attached hydrogen (secondary N) is 4. The minimum absolute atomic E-state index is 0.0389. The highest BCUT2D eigenvalue weighted by Crippen LogP contribution is 2.29. The standard InChI is InChI=1S/C37H39N5O5S.2C2HF3O2/c43-32-15-12-27(35-34(32)41-37(46)48-35)16-20-38-24-25-10-13-28(14-11-25)39-33(44)19-23-42-21-17-29(18-22-42)47-36(45)40-31-9-5-4-8-30(31)26-6-2-1-3-7-26;2*3-2(4,5)1(6)7/h1-15,29,38,43H,16-24H2,(H,39,44)(H,40,45)(H,41,46);2*(H,6,7). The molecule has 0 saturated carbocycles. The van der Waals surface area contributed by atoms with Gasteiger partial charge in [0.05, 0.1) is 10.4 Å². The van der Waals surface area contributed by atoms with Gasteiger partial charge in [0.15, 0.2) is 0 Å². The molecule has 4 aromatic carbocycles. The van der Waals surface area contributed by atoms with Crippen LogP contribution in [0, 0.1) is 0 Å². The number of halogens is 6. The van der Waals surface area contributed by atoms with Gasteiger partial charge in [0.25, 0.3) is 0 Å². The van der Waals surface area contributed by atoms with Crippen molar-refractivity contribution in [3.63, 3.8) is 0 Å². The van der Waals surface area contributed by atoms with Crippen LogP contribution in [0.15, 0.2) is 95.8 Å². The van der Waals surface area contributed by atoms with Gasteiger partial charge in [0.2, 0.25) is 5.91 Å². The van der Waals surface area contributed by atoms with Crippen molar-refractivity contribution in [1.29, 1.82) is 0 Å². The van der Waals surface area contributed by atoms with Crippen molar-refractivity contribution in [3.8, 4) is 16.9 Å². The van der Waals surface area contributed by atoms with Gasteiger partial charge in [-0.1, -0.05) is 78.1 Å². The van der Waals surface area contributed by atoms with Crippen LogP contribution in [0.4, 0.5) is 42.5 Å². The lowest BCUT2D eigenvalue weighted by atomic mass is 10.0. The Balaban J connectivity index is 0.000000521. The van der Waals surface area contributed by atoms with E-state index in [9.17, 15) is 45.8 Å². The van der Waals surface area contributed by atoms with Crippen LogP contribution in [0.1, 0.15) is 30.4 Å². The SMILES string of the molecule is O=C(CCN1CCC(OC(=O)Nc2ccccc2-c2ccccc2)CC1)Nc1ccc(CNCCc2ccc(O)c3[nH]c(=O)sc23)cc1.O=C(O)C(F)(F)F.O=C(O)C(F)(F)F. The number of para-hydroxylation sites is 1. The third-order valence-corrected chi connectivity index (χ3v) is 9.93. The Hall–Kier alpha value is -6.45. The Bertz CT molecular complexity index is 2310. The summed E-state index contributed by atoms with van der Waals surface area (Å²) in [7, 11) is 0. The molecule has 1 aliphatic heterocycles. The van der Waals surface area contributed by atoms with Crippen LogP contribution in [-0.4, -0.2) is 93.8 Å². The molecule has 5 aromatic rings. The maximum Gasteiger partial charge on any atom is 0.490 e. The number of fused-ring (bicyclic) bond motifs is 1. The van der Waals surface area contributed by atoms with Gasteiger partial charge >= 0.3 is 35.3 Å². The summed E-state index contributed by atoms with van der Waals surface area (Å²) in [4.78, 5) is 59.6. The number of carboxylic acid groups (broad SMARTS) is 2. The maximum absolute atomic E-state index is 12.7. The van der Waals surface area contributed by atoms with E-state index in [2.05, 4.69) is 25.8 Å². The molecule has 62 heavy (non-hydrogen) atoms. The molecular weight excluding hydrogens is 853 g/mol. The number of carbonyl (C=O) groups is 4. The Morgan fingerprint density at radius 2 is 1.40 bits per heavy atom. The van der Waals surface area contributed by atoms with Crippen molar-refractivity contribution >= 4 is 56.9 Å². The molecule has 1 fully saturated rings. The molecule has 1 saturated heterocycles. The number of hydrogen-bond donors (Lipinski definition) is 7. The minimum Gasteiger partial charge on any atom is -0.506 e. The van der Waals surface area contributed by atoms with E-state index in [-0.39, 0.29) is 22.6 Å². The Kier molecular flexibility index (Phi) is 17.4. The number of aromatic amines is 1. The minimum atomic E-state index is -5.08. The van der Waals surface area contributed by atoms with Crippen LogP contribution in [-0.2, 0) is 32.1 Å². The number of aromatic hydroxyl groups is 1. The lowest BCUT2D eigenvalue weighted by molar-refractivity contribution is -0.193. The number of anilines is 2. The predicted molar refractivity (Wildman–Crippen MR) is 218 cm³/mol. The number of H-pyrrole nitrogens is 1. The smallest absolute Gasteiger partial charge is 0.490 e. The number of phenolic OH excluding ortho intramolecular Hbond substituents is 1. The number of thiazole rings is 1. The number of piperidine rings is 1. The zero-order chi connectivity index (χ0) is 45.5. The molecule has 6 rings (SSSR count). The zero-order valence-corrected chi connectivity index (χ0v) is 33.3. The van der Waals surface area contributed by atoms with Crippen molar-refractivity contribution in [2.75, 3.05) is 36.8 Å². The number of carboxylic acids is 2. The molecule has 0 atom stereocenters. The maximum atomic E-state index is 12.7. The fourth-order valence-corrected chi connectivity index (χ4v) is 6.82. The van der Waals surface area contributed by atoms with E-state index in [0.717, 1.165) is 76.3 Å². The largest absolute Gasteiger partial charge is 0.506 e. The number of hydrogen-bond acceptors (Lipinski definition) is 10. The van der Waals surface area contributed by atoms with Gasteiger partial charge in [-0.05, 0) is 66.8 Å². The molecule has 21 heteroatoms. The van der Waals surface area contributed by atoms with E-state index in [1.54, 1.807) is 6.07 Å². The first-order valence-electron chi connectivity index (χ1n) is 18.7. The van der Waals surface area contributed by atoms with Crippen molar-refractivity contribution in [1.82, 2.24) is 15.2 Å². The number of alkyl halides is 6. The molecule has 332 valence electrons. The summed E-state index contributed by atoms with van der Waals surface area (Å²) in [6.07, 6.45) is -8.24. The highest BCUT2D eigenvalue weighted by molar-refractivity contribution is 7.16. The highest BCUT2D eigenvalue weighted by Gasteiger charge is 2.39. The summed E-state index contributed by atoms with van der Waals surface area (Å²) >= 11 is 1.11. The van der Waals surface area contributed by atoms with Crippen LogP contribution in [0.3, 0.4) is 0 Å². The molecule has 14 nitrogen and oxygen atoms in total. The lowest BCUT2D eigenvalue weighted by Crippen LogP contribution is -2.39. The number of ether oxygens (including phenoxy) is 1. The van der Waals surface area contributed by atoms with E-state index >= 15 is 0 Å². The van der Waals surface area contributed by atoms with Crippen LogP contribution in [0.25, 0.3) is 21.3 Å². The topological polar surface area (TPSA) is 210 Å². The first-order valence-corrected chi connectivity index (χ1v) is 19.5. The van der Waals surface area contributed by atoms with Crippen molar-refractivity contribution in [2.24, 2.45) is 0 Å². The van der Waals surface area contributed by atoms with E-state index in [0.29, 0.717) is 37.3 Å². The summed E-state index contributed by atoms with van der Waals surface area (Å²) in [5.74, 6) is -5.47. The third-order valence-electron chi connectivity index (χ3n) is 8.97. The van der Waals surface area contributed by atoms with Crippen molar-refractivity contribution < 1.29 is 65.6 Å². The number of aromatic nitrogens is 1. The van der Waals surface area contributed by atoms with Gasteiger partial charge in [0.1, 0.15) is 17.4 Å². The second-order valence-corrected chi connectivity index (χ2v) is 14.5. The molecule has 2 heterocycles. The summed E-state index contributed by atoms with van der Waals surface area (Å²) in [5, 5.41) is 33.5. The Morgan fingerprint density at radius 3 is 2.02 bits per heavy atom. The van der Waals surface area contributed by atoms with Crippen molar-refractivity contribution in [2.45, 2.75) is 50.7 Å². The van der Waals surface area contributed by atoms with Crippen LogP contribution >= 0.6 is 11.3 Å². The van der Waals surface area contributed by atoms with E-state index in [4.69, 9.17) is 24.5 Å². The van der Waals surface area contributed by atoms with E-state index in [1.807, 2.05) is 84.9 Å². The van der Waals surface area contributed by atoms with Gasteiger partial charge in [-0.25, -0.2) is 14.4 Å². The molecule has 0 unspecified atom stereocenters. The third kappa shape index (κ3) is 15.5. The van der Waals surface area contributed by atoms with Gasteiger partial charge in [-0.2, -0.15) is 26.3 Å². The molecule has 0 bridgehead atoms. The number of amides is 2. The second-order valence-electron chi connectivity index (χ2n) is 13.5. The molecule has 1 aromatic heterocycles. The molecule has 7 N–H and O–H groups in total. The number of nitrogens with zero attached hydrogens (tertiary/aromatic N) is 1. The monoisotopic (exact) mass is 893 g/mol. The van der Waals surface area contributed by atoms with Gasteiger partial charge in [0, 0.05) is 43.9 Å². The highest BCUT2D eigenvalue weighted by atomic mass is 32.1. The van der Waals surface area contributed by atoms with Gasteiger partial charge in [-0.15, -0.1) is 0 Å². The Labute approximate surface area is 353 Å². The van der Waals surface area contributed by atoms with E-state index < -0.39 is 30.4 Å². The molecule has 0 aliphatic carbocycles. The average molecular weight is 894 g/mol. The number of benzene rings is 4. The summed E-state index contributed by atoms with van der Waals surface area (Å²) in [5.41, 5.74) is 6.03. The number of rotatable bonds is 12. The first kappa shape index (κ1) is 48.2. The summed E-state index contributed by atoms with van der Waals surface area (Å²) in [6, 6.07) is 28.9. The number of phenols is 1. The van der Waals surface area contributed by atoms with Crippen molar-refractivity contribution in [3.05, 3.63) is 112 Å². The molecular formula is C41H41F6N5O9S. The molecule has 1 aliphatic rings. The second kappa shape index (κ2) is 22.4. The fraction of sp³-hybridized carbons (Fsp3) is 0.293. The molecule has 2 amide bonds. The van der Waals surface area contributed by atoms with Gasteiger partial charge in [-0.3, -0.25) is 14.9 Å². The number of likely N-dealkylation sites (tertiary alicyclic amines) is 1. The zero-order valence-electron chi connectivity index (χ0n) is 32.5. The fourth-order valence-electron chi connectivity index (χ4n) is 5.92. The predicted octanol–water partition coefficient (Wildman–Crippen LogP) is 7.60. The van der Waals surface area contributed by atoms with Gasteiger partial charge < -0.3 is 40.6 Å². The molecule has 0 spiro atoms. The Morgan fingerprint density at radius 1 is 0.806 bits per heavy atom.